The zero-order valence-corrected chi connectivity index (χ0v) is 14.8. The van der Waals surface area contributed by atoms with Gasteiger partial charge in [-0.25, -0.2) is 4.39 Å². The first-order valence-electron chi connectivity index (χ1n) is 7.83. The van der Waals surface area contributed by atoms with Crippen molar-refractivity contribution in [3.8, 4) is 0 Å². The van der Waals surface area contributed by atoms with E-state index in [1.165, 1.54) is 0 Å². The molecule has 5 nitrogen and oxygen atoms in total. The molecular weight excluding hydrogens is 331 g/mol. The average Bonchev–Trinajstić information content (AvgIpc) is 2.93. The molecule has 130 valence electrons. The average molecular weight is 353 g/mol. The molecule has 2 N–H and O–H groups in total. The van der Waals surface area contributed by atoms with E-state index in [1.807, 2.05) is 19.9 Å². The molecule has 1 aromatic carbocycles. The van der Waals surface area contributed by atoms with Gasteiger partial charge < -0.3 is 10.6 Å². The van der Waals surface area contributed by atoms with Gasteiger partial charge in [-0.2, -0.15) is 5.10 Å². The molecule has 0 aliphatic carbocycles. The van der Waals surface area contributed by atoms with E-state index in [0.29, 0.717) is 29.8 Å². The molecule has 0 saturated heterocycles. The maximum absolute atomic E-state index is 14.6. The first-order chi connectivity index (χ1) is 11.0. The van der Waals surface area contributed by atoms with Gasteiger partial charge in [0.05, 0.1) is 16.9 Å². The molecule has 0 fully saturated rings. The molecular formula is C17H22ClFN4O. The maximum atomic E-state index is 14.6. The standard InChI is InChI=1S/C17H21FN4O.ClH/c1-10(2)16-13(9-22(3)21-16)17(23)20-14-5-4-11-8-19-7-6-12(11)15(14)18;/h4-5,9-10,19H,6-8H2,1-3H3,(H,20,23);1H. The lowest BCUT2D eigenvalue weighted by Crippen LogP contribution is -2.25. The minimum Gasteiger partial charge on any atom is -0.319 e. The van der Waals surface area contributed by atoms with Crippen molar-refractivity contribution >= 4 is 24.0 Å². The summed E-state index contributed by atoms with van der Waals surface area (Å²) in [5, 5.41) is 10.2. The highest BCUT2D eigenvalue weighted by Gasteiger charge is 2.21. The van der Waals surface area contributed by atoms with Crippen LogP contribution in [-0.4, -0.2) is 22.2 Å². The van der Waals surface area contributed by atoms with Gasteiger partial charge in [-0.1, -0.05) is 19.9 Å². The molecule has 3 rings (SSSR count). The molecule has 2 aromatic rings. The Hall–Kier alpha value is -1.92. The number of aryl methyl sites for hydroxylation is 1. The second-order valence-corrected chi connectivity index (χ2v) is 6.20. The summed E-state index contributed by atoms with van der Waals surface area (Å²) in [6.45, 7) is 5.37. The number of benzene rings is 1. The lowest BCUT2D eigenvalue weighted by Gasteiger charge is -2.19. The highest BCUT2D eigenvalue weighted by Crippen LogP contribution is 2.26. The number of carbonyl (C=O) groups excluding carboxylic acids is 1. The van der Waals surface area contributed by atoms with Crippen LogP contribution >= 0.6 is 12.4 Å². The predicted molar refractivity (Wildman–Crippen MR) is 94.3 cm³/mol. The van der Waals surface area contributed by atoms with E-state index >= 15 is 0 Å². The Labute approximate surface area is 147 Å². The number of anilines is 1. The highest BCUT2D eigenvalue weighted by atomic mass is 35.5. The van der Waals surface area contributed by atoms with Crippen molar-refractivity contribution in [2.24, 2.45) is 7.05 Å². The van der Waals surface area contributed by atoms with Crippen molar-refractivity contribution in [3.63, 3.8) is 0 Å². The van der Waals surface area contributed by atoms with Crippen LogP contribution in [0.15, 0.2) is 18.3 Å². The van der Waals surface area contributed by atoms with Crippen molar-refractivity contribution < 1.29 is 9.18 Å². The number of rotatable bonds is 3. The molecule has 7 heteroatoms. The Morgan fingerprint density at radius 2 is 2.17 bits per heavy atom. The zero-order valence-electron chi connectivity index (χ0n) is 14.0. The van der Waals surface area contributed by atoms with Gasteiger partial charge in [-0.3, -0.25) is 9.48 Å². The first-order valence-corrected chi connectivity index (χ1v) is 7.83. The summed E-state index contributed by atoms with van der Waals surface area (Å²) in [7, 11) is 1.77. The van der Waals surface area contributed by atoms with Crippen LogP contribution in [0.3, 0.4) is 0 Å². The molecule has 0 atom stereocenters. The number of amides is 1. The van der Waals surface area contributed by atoms with Crippen LogP contribution in [0.25, 0.3) is 0 Å². The largest absolute Gasteiger partial charge is 0.319 e. The van der Waals surface area contributed by atoms with E-state index in [9.17, 15) is 9.18 Å². The summed E-state index contributed by atoms with van der Waals surface area (Å²) >= 11 is 0. The Morgan fingerprint density at radius 1 is 1.42 bits per heavy atom. The summed E-state index contributed by atoms with van der Waals surface area (Å²) in [6.07, 6.45) is 2.31. The third-order valence-electron chi connectivity index (χ3n) is 4.10. The van der Waals surface area contributed by atoms with Crippen molar-refractivity contribution in [2.75, 3.05) is 11.9 Å². The van der Waals surface area contributed by atoms with E-state index in [1.54, 1.807) is 24.0 Å². The van der Waals surface area contributed by atoms with Crippen LogP contribution in [0.5, 0.6) is 0 Å². The SMILES string of the molecule is CC(C)c1nn(C)cc1C(=O)Nc1ccc2c(c1F)CCNC2.Cl. The minimum absolute atomic E-state index is 0. The molecule has 24 heavy (non-hydrogen) atoms. The maximum Gasteiger partial charge on any atom is 0.259 e. The third-order valence-corrected chi connectivity index (χ3v) is 4.10. The van der Waals surface area contributed by atoms with E-state index in [0.717, 1.165) is 12.1 Å². The molecule has 1 aromatic heterocycles. The monoisotopic (exact) mass is 352 g/mol. The summed E-state index contributed by atoms with van der Waals surface area (Å²) < 4.78 is 16.2. The van der Waals surface area contributed by atoms with E-state index in [4.69, 9.17) is 0 Å². The zero-order chi connectivity index (χ0) is 16.6. The van der Waals surface area contributed by atoms with Gasteiger partial charge in [0.1, 0.15) is 5.82 Å². The first kappa shape index (κ1) is 18.4. The minimum atomic E-state index is -0.327. The number of hydrogen-bond donors (Lipinski definition) is 2. The van der Waals surface area contributed by atoms with E-state index in [-0.39, 0.29) is 35.7 Å². The third kappa shape index (κ3) is 3.44. The molecule has 0 saturated carbocycles. The molecule has 2 heterocycles. The van der Waals surface area contributed by atoms with Crippen LogP contribution in [0.2, 0.25) is 0 Å². The number of carbonyl (C=O) groups is 1. The lowest BCUT2D eigenvalue weighted by atomic mass is 9.99. The quantitative estimate of drug-likeness (QED) is 0.892. The van der Waals surface area contributed by atoms with Crippen LogP contribution in [0.4, 0.5) is 10.1 Å². The van der Waals surface area contributed by atoms with Crippen LogP contribution < -0.4 is 10.6 Å². The number of nitrogens with zero attached hydrogens (tertiary/aromatic N) is 2. The lowest BCUT2D eigenvalue weighted by molar-refractivity contribution is 0.102. The molecule has 0 bridgehead atoms. The van der Waals surface area contributed by atoms with Gasteiger partial charge in [-0.15, -0.1) is 12.4 Å². The van der Waals surface area contributed by atoms with Crippen LogP contribution in [0.1, 0.15) is 46.9 Å². The van der Waals surface area contributed by atoms with Crippen LogP contribution in [-0.2, 0) is 20.0 Å². The second-order valence-electron chi connectivity index (χ2n) is 6.20. The topological polar surface area (TPSA) is 59.0 Å². The van der Waals surface area contributed by atoms with Crippen molar-refractivity contribution in [1.29, 1.82) is 0 Å². The van der Waals surface area contributed by atoms with Crippen LogP contribution in [0, 0.1) is 5.82 Å². The van der Waals surface area contributed by atoms with Gasteiger partial charge in [0.25, 0.3) is 5.91 Å². The fourth-order valence-corrected chi connectivity index (χ4v) is 2.93. The normalized spacial score (nSPS) is 13.4. The molecule has 1 aliphatic heterocycles. The fraction of sp³-hybridized carbons (Fsp3) is 0.412. The summed E-state index contributed by atoms with van der Waals surface area (Å²) in [5.41, 5.74) is 3.08. The van der Waals surface area contributed by atoms with Gasteiger partial charge >= 0.3 is 0 Å². The Kier molecular flexibility index (Phi) is 5.62. The highest BCUT2D eigenvalue weighted by molar-refractivity contribution is 6.05. The number of halogens is 2. The van der Waals surface area contributed by atoms with Gasteiger partial charge in [-0.05, 0) is 36.1 Å². The molecule has 0 spiro atoms. The molecule has 0 unspecified atom stereocenters. The van der Waals surface area contributed by atoms with Gasteiger partial charge in [0.15, 0.2) is 0 Å². The number of aromatic nitrogens is 2. The summed E-state index contributed by atoms with van der Waals surface area (Å²) in [4.78, 5) is 12.5. The molecule has 1 amide bonds. The van der Waals surface area contributed by atoms with Crippen molar-refractivity contribution in [3.05, 3.63) is 46.5 Å². The number of fused-ring (bicyclic) bond motifs is 1. The smallest absolute Gasteiger partial charge is 0.259 e. The Balaban J connectivity index is 0.00000208. The molecule has 0 radical (unpaired) electrons. The Bertz CT molecular complexity index is 757. The number of nitrogens with one attached hydrogen (secondary N) is 2. The van der Waals surface area contributed by atoms with Gasteiger partial charge in [0, 0.05) is 19.8 Å². The van der Waals surface area contributed by atoms with Crippen molar-refractivity contribution in [2.45, 2.75) is 32.7 Å². The Morgan fingerprint density at radius 3 is 2.88 bits per heavy atom. The summed E-state index contributed by atoms with van der Waals surface area (Å²) in [6, 6.07) is 3.50. The number of hydrogen-bond acceptors (Lipinski definition) is 3. The molecule has 1 aliphatic rings. The fourth-order valence-electron chi connectivity index (χ4n) is 2.93. The van der Waals surface area contributed by atoms with Crippen molar-refractivity contribution in [1.82, 2.24) is 15.1 Å². The van der Waals surface area contributed by atoms with Gasteiger partial charge in [0.2, 0.25) is 0 Å². The summed E-state index contributed by atoms with van der Waals surface area (Å²) in [5.74, 6) is -0.529. The van der Waals surface area contributed by atoms with E-state index < -0.39 is 0 Å². The predicted octanol–water partition coefficient (Wildman–Crippen LogP) is 3.00. The second kappa shape index (κ2) is 7.32. The van der Waals surface area contributed by atoms with E-state index in [2.05, 4.69) is 15.7 Å².